The first kappa shape index (κ1) is 32.9. The third kappa shape index (κ3) is 9.46. The first-order valence-corrected chi connectivity index (χ1v) is 14.5. The van der Waals surface area contributed by atoms with Gasteiger partial charge in [-0.3, -0.25) is 0 Å². The molecular formula is C32H48O9. The van der Waals surface area contributed by atoms with Gasteiger partial charge in [0.25, 0.3) is 0 Å². The van der Waals surface area contributed by atoms with Crippen LogP contribution in [0.1, 0.15) is 65.9 Å². The highest BCUT2D eigenvalue weighted by atomic mass is 16.6. The van der Waals surface area contributed by atoms with Crippen LogP contribution in [0.4, 0.5) is 0 Å². The van der Waals surface area contributed by atoms with Crippen molar-refractivity contribution in [1.82, 2.24) is 0 Å². The van der Waals surface area contributed by atoms with E-state index >= 15 is 0 Å². The molecule has 5 atom stereocenters. The smallest absolute Gasteiger partial charge is 0.331 e. The van der Waals surface area contributed by atoms with E-state index in [0.29, 0.717) is 68.5 Å². The highest BCUT2D eigenvalue weighted by molar-refractivity contribution is 5.87. The normalized spacial score (nSPS) is 26.6. The van der Waals surface area contributed by atoms with Crippen LogP contribution in [0, 0.1) is 5.92 Å². The molecule has 230 valence electrons. The molecule has 0 saturated carbocycles. The molecule has 2 fully saturated rings. The molecule has 0 spiro atoms. The Labute approximate surface area is 244 Å². The largest absolute Gasteiger partial charge is 0.493 e. The van der Waals surface area contributed by atoms with E-state index in [-0.39, 0.29) is 18.1 Å². The van der Waals surface area contributed by atoms with Gasteiger partial charge in [0, 0.05) is 25.2 Å². The second kappa shape index (κ2) is 15.6. The molecule has 2 aliphatic rings. The third-order valence-electron chi connectivity index (χ3n) is 7.54. The summed E-state index contributed by atoms with van der Waals surface area (Å²) in [5.74, 6) is 0.640. The van der Waals surface area contributed by atoms with Crippen molar-refractivity contribution in [1.29, 1.82) is 0 Å². The molecule has 1 aromatic rings. The van der Waals surface area contributed by atoms with Crippen LogP contribution in [0.3, 0.4) is 0 Å². The third-order valence-corrected chi connectivity index (χ3v) is 7.54. The molecule has 1 N–H and O–H groups in total. The van der Waals surface area contributed by atoms with E-state index in [1.807, 2.05) is 20.8 Å². The minimum absolute atomic E-state index is 0.0219. The minimum Gasteiger partial charge on any atom is -0.493 e. The molecule has 0 aliphatic carbocycles. The van der Waals surface area contributed by atoms with Gasteiger partial charge in [0.1, 0.15) is 12.7 Å². The molecule has 0 bridgehead atoms. The molecule has 9 heteroatoms. The topological polar surface area (TPSA) is 105 Å². The Kier molecular flexibility index (Phi) is 12.5. The lowest BCUT2D eigenvalue weighted by Crippen LogP contribution is -2.43. The van der Waals surface area contributed by atoms with E-state index in [1.54, 1.807) is 32.4 Å². The lowest BCUT2D eigenvalue weighted by molar-refractivity contribution is -0.153. The van der Waals surface area contributed by atoms with E-state index in [9.17, 15) is 9.90 Å². The first-order valence-electron chi connectivity index (χ1n) is 14.5. The Morgan fingerprint density at radius 3 is 2.46 bits per heavy atom. The summed E-state index contributed by atoms with van der Waals surface area (Å²) in [6.07, 6.45) is 6.32. The van der Waals surface area contributed by atoms with E-state index in [2.05, 4.69) is 19.9 Å². The van der Waals surface area contributed by atoms with Crippen LogP contribution in [0.15, 0.2) is 29.9 Å². The van der Waals surface area contributed by atoms with Crippen molar-refractivity contribution < 1.29 is 43.1 Å². The number of allylic oxidation sites excluding steroid dienone is 1. The van der Waals surface area contributed by atoms with Gasteiger partial charge in [-0.05, 0) is 84.1 Å². The quantitative estimate of drug-likeness (QED) is 0.113. The van der Waals surface area contributed by atoms with E-state index < -0.39 is 23.8 Å². The van der Waals surface area contributed by atoms with Gasteiger partial charge < -0.3 is 38.3 Å². The Bertz CT molecular complexity index is 1020. The standard InChI is InChI=1S/C32H48O9/c1-21(2)10-12-28-32(5,41-28)24-14-16-37-15-8-9-25(30(24)34)40-29(33)13-11-23-19-26(35-6)31(27(20-23)36-7)39-18-17-38-22(3)4/h10-11,13,19-20,22,24-25,28,30,34H,8-9,12,14-18H2,1-7H3/b13-11+/t24-,25?,28+,30+,32?/m1/s1. The van der Waals surface area contributed by atoms with Gasteiger partial charge in [0.15, 0.2) is 11.5 Å². The summed E-state index contributed by atoms with van der Waals surface area (Å²) in [6.45, 7) is 11.9. The van der Waals surface area contributed by atoms with Gasteiger partial charge in [-0.15, -0.1) is 0 Å². The highest BCUT2D eigenvalue weighted by Crippen LogP contribution is 2.49. The summed E-state index contributed by atoms with van der Waals surface area (Å²) >= 11 is 0. The maximum Gasteiger partial charge on any atom is 0.331 e. The van der Waals surface area contributed by atoms with Crippen LogP contribution in [0.2, 0.25) is 0 Å². The first-order chi connectivity index (χ1) is 19.6. The van der Waals surface area contributed by atoms with Crippen LogP contribution in [-0.2, 0) is 23.7 Å². The minimum atomic E-state index is -0.868. The maximum atomic E-state index is 12.9. The Morgan fingerprint density at radius 1 is 1.12 bits per heavy atom. The highest BCUT2D eigenvalue weighted by Gasteiger charge is 2.59. The predicted octanol–water partition coefficient (Wildman–Crippen LogP) is 5.12. The van der Waals surface area contributed by atoms with Gasteiger partial charge in [0.05, 0.1) is 44.7 Å². The second-order valence-electron chi connectivity index (χ2n) is 11.3. The van der Waals surface area contributed by atoms with Crippen molar-refractivity contribution in [2.45, 2.75) is 90.3 Å². The number of hydrogen-bond donors (Lipinski definition) is 1. The number of esters is 1. The molecular weight excluding hydrogens is 528 g/mol. The number of aliphatic hydroxyl groups excluding tert-OH is 1. The number of epoxide rings is 1. The van der Waals surface area contributed by atoms with Crippen molar-refractivity contribution >= 4 is 12.0 Å². The number of methoxy groups -OCH3 is 2. The molecule has 0 amide bonds. The average Bonchev–Trinajstić information content (AvgIpc) is 3.59. The molecule has 2 aliphatic heterocycles. The zero-order valence-electron chi connectivity index (χ0n) is 25.6. The van der Waals surface area contributed by atoms with Gasteiger partial charge in [0.2, 0.25) is 5.75 Å². The summed E-state index contributed by atoms with van der Waals surface area (Å²) in [4.78, 5) is 12.9. The molecule has 41 heavy (non-hydrogen) atoms. The van der Waals surface area contributed by atoms with Crippen molar-refractivity contribution in [2.24, 2.45) is 5.92 Å². The fourth-order valence-electron chi connectivity index (χ4n) is 5.20. The van der Waals surface area contributed by atoms with Crippen LogP contribution in [-0.4, -0.2) is 81.7 Å². The fraction of sp³-hybridized carbons (Fsp3) is 0.656. The lowest BCUT2D eigenvalue weighted by Gasteiger charge is -2.31. The summed E-state index contributed by atoms with van der Waals surface area (Å²) in [5, 5.41) is 11.4. The van der Waals surface area contributed by atoms with Crippen LogP contribution in [0.25, 0.3) is 6.08 Å². The van der Waals surface area contributed by atoms with Gasteiger partial charge in [-0.2, -0.15) is 0 Å². The number of carbonyl (C=O) groups is 1. The Balaban J connectivity index is 1.69. The Morgan fingerprint density at radius 2 is 1.83 bits per heavy atom. The number of carbonyl (C=O) groups excluding carboxylic acids is 1. The van der Waals surface area contributed by atoms with Crippen LogP contribution in [0.5, 0.6) is 17.2 Å². The second-order valence-corrected chi connectivity index (χ2v) is 11.3. The SMILES string of the molecule is COc1cc(/C=C/C(=O)OC2CCCOCC[C@@H](C3(C)O[C@H]3CC=C(C)C)[C@@H]2O)cc(OC)c1OCCOC(C)C. The Hall–Kier alpha value is -2.59. The van der Waals surface area contributed by atoms with Crippen molar-refractivity contribution in [3.05, 3.63) is 35.4 Å². The number of hydrogen-bond acceptors (Lipinski definition) is 9. The molecule has 0 aromatic heterocycles. The number of benzene rings is 1. The number of aliphatic hydroxyl groups is 1. The summed E-state index contributed by atoms with van der Waals surface area (Å²) in [6, 6.07) is 3.51. The van der Waals surface area contributed by atoms with E-state index in [0.717, 1.165) is 6.42 Å². The molecule has 3 rings (SSSR count). The summed E-state index contributed by atoms with van der Waals surface area (Å²) in [5.41, 5.74) is 1.41. The number of ether oxygens (including phenoxy) is 7. The van der Waals surface area contributed by atoms with Gasteiger partial charge in [-0.1, -0.05) is 11.6 Å². The van der Waals surface area contributed by atoms with Gasteiger partial charge in [-0.25, -0.2) is 4.79 Å². The van der Waals surface area contributed by atoms with E-state index in [4.69, 9.17) is 33.2 Å². The maximum absolute atomic E-state index is 12.9. The number of rotatable bonds is 13. The molecule has 2 heterocycles. The molecule has 0 radical (unpaired) electrons. The van der Waals surface area contributed by atoms with Crippen molar-refractivity contribution in [3.8, 4) is 17.2 Å². The summed E-state index contributed by atoms with van der Waals surface area (Å²) < 4.78 is 40.1. The fourth-order valence-corrected chi connectivity index (χ4v) is 5.20. The predicted molar refractivity (Wildman–Crippen MR) is 157 cm³/mol. The molecule has 2 unspecified atom stereocenters. The van der Waals surface area contributed by atoms with E-state index in [1.165, 1.54) is 11.6 Å². The van der Waals surface area contributed by atoms with Crippen LogP contribution >= 0.6 is 0 Å². The van der Waals surface area contributed by atoms with Crippen molar-refractivity contribution in [3.63, 3.8) is 0 Å². The average molecular weight is 577 g/mol. The summed E-state index contributed by atoms with van der Waals surface area (Å²) in [7, 11) is 3.09. The molecule has 1 aromatic carbocycles. The lowest BCUT2D eigenvalue weighted by atomic mass is 9.80. The van der Waals surface area contributed by atoms with Crippen LogP contribution < -0.4 is 14.2 Å². The van der Waals surface area contributed by atoms with Crippen molar-refractivity contribution in [2.75, 3.05) is 40.6 Å². The monoisotopic (exact) mass is 576 g/mol. The zero-order chi connectivity index (χ0) is 30.0. The van der Waals surface area contributed by atoms with Gasteiger partial charge >= 0.3 is 5.97 Å². The zero-order valence-corrected chi connectivity index (χ0v) is 25.6. The molecule has 9 nitrogen and oxygen atoms in total. The molecule has 2 saturated heterocycles.